The van der Waals surface area contributed by atoms with Crippen LogP contribution in [0.4, 0.5) is 0 Å². The number of rotatable bonds is 0. The van der Waals surface area contributed by atoms with Gasteiger partial charge >= 0.3 is 0 Å². The van der Waals surface area contributed by atoms with E-state index >= 15 is 0 Å². The molecule has 3 heteroatoms. The van der Waals surface area contributed by atoms with Crippen LogP contribution < -0.4 is 0 Å². The van der Waals surface area contributed by atoms with E-state index in [0.717, 1.165) is 65.4 Å². The Morgan fingerprint density at radius 1 is 0.875 bits per heavy atom. The van der Waals surface area contributed by atoms with E-state index < -0.39 is 0 Å². The largest absolute Gasteiger partial charge is 0.347 e. The lowest BCUT2D eigenvalue weighted by Gasteiger charge is -2.32. The molecular weight excluding hydrogens is 268 g/mol. The fraction of sp³-hybridized carbons (Fsp3) is 1.00. The molecule has 7 aliphatic rings. The Labute approximate surface area is 103 Å². The number of ether oxygens (including phenoxy) is 2. The first-order valence-electron chi connectivity index (χ1n) is 6.76. The van der Waals surface area contributed by atoms with Crippen molar-refractivity contribution < 1.29 is 9.47 Å². The van der Waals surface area contributed by atoms with Gasteiger partial charge in [-0.25, -0.2) is 0 Å². The van der Waals surface area contributed by atoms with Crippen LogP contribution in [-0.2, 0) is 9.47 Å². The molecule has 6 aliphatic carbocycles. The molecule has 9 atom stereocenters. The van der Waals surface area contributed by atoms with Gasteiger partial charge < -0.3 is 9.47 Å². The van der Waals surface area contributed by atoms with Gasteiger partial charge in [0.1, 0.15) is 0 Å². The summed E-state index contributed by atoms with van der Waals surface area (Å²) in [7, 11) is 0. The van der Waals surface area contributed by atoms with Gasteiger partial charge in [0.25, 0.3) is 0 Å². The maximum absolute atomic E-state index is 6.17. The molecule has 6 saturated carbocycles. The Hall–Kier alpha value is 0.400. The lowest BCUT2D eigenvalue weighted by atomic mass is 9.71. The maximum atomic E-state index is 6.17. The topological polar surface area (TPSA) is 18.5 Å². The standard InChI is InChI=1S/C13H15BrO2/c14-12-8-4-3-5-7(8)11-9(12)6(4)10(5)13(11)15-1-2-16-13/h4-12H,1-3H2. The Balaban J connectivity index is 1.65. The van der Waals surface area contributed by atoms with Crippen LogP contribution in [0.3, 0.4) is 0 Å². The Morgan fingerprint density at radius 2 is 1.62 bits per heavy atom. The van der Waals surface area contributed by atoms with Gasteiger partial charge in [-0.15, -0.1) is 0 Å². The lowest BCUT2D eigenvalue weighted by molar-refractivity contribution is -0.195. The van der Waals surface area contributed by atoms with Crippen LogP contribution in [0, 0.1) is 47.3 Å². The van der Waals surface area contributed by atoms with Gasteiger partial charge in [-0.1, -0.05) is 15.9 Å². The van der Waals surface area contributed by atoms with E-state index in [1.807, 2.05) is 0 Å². The second-order valence-electron chi connectivity index (χ2n) is 6.79. The van der Waals surface area contributed by atoms with Gasteiger partial charge in [-0.05, 0) is 41.9 Å². The van der Waals surface area contributed by atoms with E-state index in [1.54, 1.807) is 0 Å². The molecule has 0 aromatic rings. The SMILES string of the molecule is BrC1C2C3CC4C2C2C1C3C4C21OCCO1. The molecule has 9 unspecified atom stereocenters. The summed E-state index contributed by atoms with van der Waals surface area (Å²) >= 11 is 4.01. The van der Waals surface area contributed by atoms with E-state index in [4.69, 9.17) is 9.47 Å². The predicted molar refractivity (Wildman–Crippen MR) is 59.9 cm³/mol. The molecule has 1 heterocycles. The third-order valence-corrected chi connectivity index (χ3v) is 8.25. The van der Waals surface area contributed by atoms with Crippen LogP contribution in [-0.4, -0.2) is 23.8 Å². The molecule has 7 rings (SSSR count). The van der Waals surface area contributed by atoms with Crippen molar-refractivity contribution in [3.8, 4) is 0 Å². The molecule has 0 N–H and O–H groups in total. The summed E-state index contributed by atoms with van der Waals surface area (Å²) in [5.74, 6) is 7.19. The van der Waals surface area contributed by atoms with E-state index in [9.17, 15) is 0 Å². The average Bonchev–Trinajstić information content (AvgIpc) is 3.01. The van der Waals surface area contributed by atoms with Crippen molar-refractivity contribution in [2.24, 2.45) is 47.3 Å². The molecule has 7 fully saturated rings. The van der Waals surface area contributed by atoms with Crippen molar-refractivity contribution in [1.82, 2.24) is 0 Å². The maximum Gasteiger partial charge on any atom is 0.175 e. The molecule has 2 nitrogen and oxygen atoms in total. The van der Waals surface area contributed by atoms with Crippen molar-refractivity contribution in [1.29, 1.82) is 0 Å². The molecule has 16 heavy (non-hydrogen) atoms. The van der Waals surface area contributed by atoms with E-state index in [2.05, 4.69) is 15.9 Å². The molecule has 0 radical (unpaired) electrons. The van der Waals surface area contributed by atoms with Crippen molar-refractivity contribution in [2.45, 2.75) is 17.0 Å². The zero-order valence-electron chi connectivity index (χ0n) is 9.01. The van der Waals surface area contributed by atoms with E-state index in [0.29, 0.717) is 0 Å². The summed E-state index contributed by atoms with van der Waals surface area (Å²) in [5, 5.41) is 0. The minimum atomic E-state index is -0.101. The number of alkyl halides is 1. The van der Waals surface area contributed by atoms with Crippen molar-refractivity contribution in [3.05, 3.63) is 0 Å². The monoisotopic (exact) mass is 282 g/mol. The Morgan fingerprint density at radius 3 is 2.38 bits per heavy atom. The summed E-state index contributed by atoms with van der Waals surface area (Å²) < 4.78 is 12.3. The third-order valence-electron chi connectivity index (χ3n) is 7.02. The zero-order valence-corrected chi connectivity index (χ0v) is 10.6. The van der Waals surface area contributed by atoms with Crippen LogP contribution >= 0.6 is 15.9 Å². The summed E-state index contributed by atoms with van der Waals surface area (Å²) in [4.78, 5) is 0.791. The van der Waals surface area contributed by atoms with Crippen LogP contribution in [0.1, 0.15) is 6.42 Å². The zero-order chi connectivity index (χ0) is 10.2. The van der Waals surface area contributed by atoms with Gasteiger partial charge in [-0.2, -0.15) is 0 Å². The highest BCUT2D eigenvalue weighted by Gasteiger charge is 2.88. The van der Waals surface area contributed by atoms with Crippen molar-refractivity contribution >= 4 is 15.9 Å². The molecule has 0 aromatic carbocycles. The first-order chi connectivity index (χ1) is 7.84. The fourth-order valence-corrected chi connectivity index (χ4v) is 8.77. The minimum Gasteiger partial charge on any atom is -0.347 e. The Kier molecular flexibility index (Phi) is 1.15. The van der Waals surface area contributed by atoms with Gasteiger partial charge in [0, 0.05) is 16.7 Å². The smallest absolute Gasteiger partial charge is 0.175 e. The van der Waals surface area contributed by atoms with Gasteiger partial charge in [0.15, 0.2) is 5.79 Å². The summed E-state index contributed by atoms with van der Waals surface area (Å²) in [6.07, 6.45) is 1.49. The molecule has 6 bridgehead atoms. The quantitative estimate of drug-likeness (QED) is 0.632. The molecule has 1 spiro atoms. The highest BCUT2D eigenvalue weighted by atomic mass is 79.9. The molecule has 1 saturated heterocycles. The number of hydrogen-bond donors (Lipinski definition) is 0. The van der Waals surface area contributed by atoms with Crippen molar-refractivity contribution in [3.63, 3.8) is 0 Å². The first-order valence-corrected chi connectivity index (χ1v) is 7.68. The number of halogens is 1. The number of hydrogen-bond acceptors (Lipinski definition) is 2. The second-order valence-corrected chi connectivity index (χ2v) is 7.84. The highest BCUT2D eigenvalue weighted by Crippen LogP contribution is 2.87. The molecule has 0 amide bonds. The van der Waals surface area contributed by atoms with Gasteiger partial charge in [0.05, 0.1) is 13.2 Å². The third kappa shape index (κ3) is 0.537. The van der Waals surface area contributed by atoms with Crippen LogP contribution in [0.2, 0.25) is 0 Å². The van der Waals surface area contributed by atoms with Crippen LogP contribution in [0.15, 0.2) is 0 Å². The molecule has 1 aliphatic heterocycles. The average molecular weight is 283 g/mol. The van der Waals surface area contributed by atoms with E-state index in [-0.39, 0.29) is 5.79 Å². The molecule has 0 aromatic heterocycles. The van der Waals surface area contributed by atoms with E-state index in [1.165, 1.54) is 6.42 Å². The summed E-state index contributed by atoms with van der Waals surface area (Å²) in [6.45, 7) is 1.68. The summed E-state index contributed by atoms with van der Waals surface area (Å²) in [6, 6.07) is 0. The van der Waals surface area contributed by atoms with Gasteiger partial charge in [-0.3, -0.25) is 0 Å². The normalized spacial score (nSPS) is 74.4. The highest BCUT2D eigenvalue weighted by molar-refractivity contribution is 9.09. The minimum absolute atomic E-state index is 0.101. The van der Waals surface area contributed by atoms with Crippen LogP contribution in [0.5, 0.6) is 0 Å². The molecule has 86 valence electrons. The Bertz CT molecular complexity index is 403. The van der Waals surface area contributed by atoms with Crippen LogP contribution in [0.25, 0.3) is 0 Å². The molecular formula is C13H15BrO2. The second kappa shape index (κ2) is 2.17. The van der Waals surface area contributed by atoms with Crippen molar-refractivity contribution in [2.75, 3.05) is 13.2 Å². The summed E-state index contributed by atoms with van der Waals surface area (Å²) in [5.41, 5.74) is 0. The first kappa shape index (κ1) is 8.49. The predicted octanol–water partition coefficient (Wildman–Crippen LogP) is 1.88. The lowest BCUT2D eigenvalue weighted by Crippen LogP contribution is -2.37. The fourth-order valence-electron chi connectivity index (χ4n) is 7.35. The van der Waals surface area contributed by atoms with Gasteiger partial charge in [0.2, 0.25) is 0 Å².